The highest BCUT2D eigenvalue weighted by Crippen LogP contribution is 2.47. The highest BCUT2D eigenvalue weighted by Gasteiger charge is 2.33. The third-order valence-corrected chi connectivity index (χ3v) is 13.0. The predicted octanol–water partition coefficient (Wildman–Crippen LogP) is 9.25. The molecule has 0 bridgehead atoms. The topological polar surface area (TPSA) is 169 Å². The second kappa shape index (κ2) is 16.4. The minimum atomic E-state index is -4.62. The van der Waals surface area contributed by atoms with E-state index in [1.165, 1.54) is 66.6 Å². The van der Waals surface area contributed by atoms with Gasteiger partial charge in [-0.2, -0.15) is 0 Å². The van der Waals surface area contributed by atoms with E-state index in [2.05, 4.69) is 44.5 Å². The van der Waals surface area contributed by atoms with Crippen molar-refractivity contribution in [3.8, 4) is 22.6 Å². The van der Waals surface area contributed by atoms with E-state index in [9.17, 15) is 23.3 Å². The molecule has 2 saturated heterocycles. The lowest BCUT2D eigenvalue weighted by molar-refractivity contribution is -0.384. The number of H-pyrrole nitrogens is 1. The first kappa shape index (κ1) is 39.2. The van der Waals surface area contributed by atoms with E-state index in [1.807, 2.05) is 10.8 Å². The van der Waals surface area contributed by atoms with Gasteiger partial charge in [0, 0.05) is 55.2 Å². The third kappa shape index (κ3) is 8.14. The Bertz CT molecular complexity index is 2710. The summed E-state index contributed by atoms with van der Waals surface area (Å²) in [6, 6.07) is 25.2. The van der Waals surface area contributed by atoms with Crippen LogP contribution in [0.2, 0.25) is 0 Å². The number of sulfonamides is 1. The molecule has 0 radical (unpaired) electrons. The van der Waals surface area contributed by atoms with Crippen molar-refractivity contribution in [1.82, 2.24) is 14.7 Å². The van der Waals surface area contributed by atoms with Gasteiger partial charge in [-0.25, -0.2) is 22.5 Å². The molecule has 15 heteroatoms. The van der Waals surface area contributed by atoms with Crippen LogP contribution in [0.15, 0.2) is 108 Å². The second-order valence-electron chi connectivity index (χ2n) is 15.6. The molecule has 1 aliphatic carbocycles. The summed E-state index contributed by atoms with van der Waals surface area (Å²) in [5, 5.41) is 15.9. The largest absolute Gasteiger partial charge is 0.455 e. The molecule has 0 spiro atoms. The Labute approximate surface area is 346 Å². The average molecular weight is 831 g/mol. The van der Waals surface area contributed by atoms with Crippen LogP contribution in [-0.2, 0) is 14.8 Å². The Balaban J connectivity index is 0.997. The van der Waals surface area contributed by atoms with Crippen molar-refractivity contribution >= 4 is 44.0 Å². The highest BCUT2D eigenvalue weighted by atomic mass is 32.2. The summed E-state index contributed by atoms with van der Waals surface area (Å²) in [5.74, 6) is -0.495. The van der Waals surface area contributed by atoms with Crippen molar-refractivity contribution in [3.05, 3.63) is 136 Å². The Morgan fingerprint density at radius 3 is 2.57 bits per heavy atom. The number of benzene rings is 4. The summed E-state index contributed by atoms with van der Waals surface area (Å²) in [5.41, 5.74) is 4.26. The lowest BCUT2D eigenvalue weighted by atomic mass is 9.95. The molecule has 3 N–H and O–H groups in total. The van der Waals surface area contributed by atoms with E-state index in [4.69, 9.17) is 9.47 Å². The van der Waals surface area contributed by atoms with E-state index in [0.29, 0.717) is 36.9 Å². The number of aromatic nitrogens is 2. The monoisotopic (exact) mass is 830 g/mol. The average Bonchev–Trinajstić information content (AvgIpc) is 3.79. The van der Waals surface area contributed by atoms with Gasteiger partial charge >= 0.3 is 0 Å². The smallest absolute Gasteiger partial charge is 0.293 e. The van der Waals surface area contributed by atoms with Crippen LogP contribution in [0.5, 0.6) is 11.5 Å². The fourth-order valence-corrected chi connectivity index (χ4v) is 9.37. The summed E-state index contributed by atoms with van der Waals surface area (Å²) < 4.78 is 57.2. The van der Waals surface area contributed by atoms with Crippen LogP contribution in [0, 0.1) is 21.8 Å². The molecule has 3 aliphatic rings. The minimum Gasteiger partial charge on any atom is -0.455 e. The predicted molar refractivity (Wildman–Crippen MR) is 226 cm³/mol. The van der Waals surface area contributed by atoms with Crippen LogP contribution in [0.3, 0.4) is 0 Å². The number of hydrogen-bond acceptors (Lipinski definition) is 10. The normalized spacial score (nSPS) is 17.1. The van der Waals surface area contributed by atoms with Crippen LogP contribution in [0.4, 0.5) is 21.5 Å². The summed E-state index contributed by atoms with van der Waals surface area (Å²) >= 11 is 0. The standard InChI is InChI=1S/C45H43FN6O7S/c46-39-24-32(51-19-3-6-41(51)37-5-2-1-4-35(37)29-7-8-29)10-13-36(39)30-9-12-38(43(23-30)59-33-22-31-15-18-47-44(31)49-27-33)45(53)50-60(56,57)34-11-14-40(42(25-34)52(54)55)48-26-28-16-20-58-21-17-28/h1-2,4-5,9-15,18,22-25,27-29,41,48H,3,6-8,16-17,19-21,26H2,(H,47,49)(H,50,53). The molecule has 13 nitrogen and oxygen atoms in total. The van der Waals surface area contributed by atoms with E-state index in [0.717, 1.165) is 49.4 Å². The van der Waals surface area contributed by atoms with Gasteiger partial charge in [-0.05, 0) is 122 Å². The van der Waals surface area contributed by atoms with Crippen molar-refractivity contribution in [1.29, 1.82) is 0 Å². The summed E-state index contributed by atoms with van der Waals surface area (Å²) in [4.78, 5) is 34.4. The van der Waals surface area contributed by atoms with E-state index in [1.54, 1.807) is 24.4 Å². The van der Waals surface area contributed by atoms with Gasteiger partial charge in [0.15, 0.2) is 0 Å². The summed E-state index contributed by atoms with van der Waals surface area (Å²) in [6.45, 7) is 2.48. The van der Waals surface area contributed by atoms with Crippen LogP contribution >= 0.6 is 0 Å². The van der Waals surface area contributed by atoms with Crippen molar-refractivity contribution in [2.75, 3.05) is 36.5 Å². The molecule has 1 amide bonds. The number of halogens is 1. The van der Waals surface area contributed by atoms with Gasteiger partial charge < -0.3 is 24.7 Å². The van der Waals surface area contributed by atoms with Gasteiger partial charge in [-0.3, -0.25) is 14.9 Å². The number of hydrogen-bond donors (Lipinski definition) is 3. The van der Waals surface area contributed by atoms with Gasteiger partial charge in [0.1, 0.15) is 28.7 Å². The van der Waals surface area contributed by atoms with E-state index >= 15 is 4.39 Å². The Morgan fingerprint density at radius 1 is 0.967 bits per heavy atom. The van der Waals surface area contributed by atoms with Crippen LogP contribution in [0.1, 0.15) is 72.0 Å². The number of ether oxygens (including phenoxy) is 2. The first-order valence-electron chi connectivity index (χ1n) is 20.2. The number of aromatic amines is 1. The minimum absolute atomic E-state index is 0.0599. The molecule has 1 unspecified atom stereocenters. The van der Waals surface area contributed by atoms with Crippen LogP contribution in [0.25, 0.3) is 22.2 Å². The molecular weight excluding hydrogens is 788 g/mol. The van der Waals surface area contributed by atoms with Crippen molar-refractivity contribution in [2.45, 2.75) is 55.4 Å². The molecule has 9 rings (SSSR count). The first-order chi connectivity index (χ1) is 29.1. The van der Waals surface area contributed by atoms with Crippen molar-refractivity contribution in [2.24, 2.45) is 5.92 Å². The summed E-state index contributed by atoms with van der Waals surface area (Å²) in [7, 11) is -4.62. The molecule has 2 aliphatic heterocycles. The maximum absolute atomic E-state index is 16.3. The fraction of sp³-hybridized carbons (Fsp3) is 0.289. The lowest BCUT2D eigenvalue weighted by Crippen LogP contribution is -2.31. The van der Waals surface area contributed by atoms with Crippen molar-refractivity contribution in [3.63, 3.8) is 0 Å². The number of nitro groups is 1. The Morgan fingerprint density at radius 2 is 1.78 bits per heavy atom. The Hall–Kier alpha value is -6.32. The molecular formula is C45H43FN6O7S. The number of pyridine rings is 1. The first-order valence-corrected chi connectivity index (χ1v) is 21.7. The van der Waals surface area contributed by atoms with E-state index in [-0.39, 0.29) is 40.3 Å². The maximum atomic E-state index is 16.3. The quantitative estimate of drug-likeness (QED) is 0.0754. The molecule has 4 heterocycles. The molecule has 2 aromatic heterocycles. The van der Waals surface area contributed by atoms with Gasteiger partial charge in [0.2, 0.25) is 0 Å². The van der Waals surface area contributed by atoms with Gasteiger partial charge in [0.05, 0.1) is 27.6 Å². The van der Waals surface area contributed by atoms with Gasteiger partial charge in [-0.1, -0.05) is 30.3 Å². The molecule has 3 fully saturated rings. The van der Waals surface area contributed by atoms with Gasteiger partial charge in [-0.15, -0.1) is 0 Å². The molecule has 308 valence electrons. The number of nitrogens with one attached hydrogen (secondary N) is 3. The van der Waals surface area contributed by atoms with Crippen LogP contribution < -0.4 is 19.7 Å². The number of nitro benzene ring substituents is 1. The number of anilines is 2. The zero-order chi connectivity index (χ0) is 41.4. The molecule has 4 aromatic carbocycles. The lowest BCUT2D eigenvalue weighted by Gasteiger charge is -2.29. The number of nitrogens with zero attached hydrogens (tertiary/aromatic N) is 3. The number of fused-ring (bicyclic) bond motifs is 1. The number of carbonyl (C=O) groups is 1. The summed E-state index contributed by atoms with van der Waals surface area (Å²) in [6.07, 6.45) is 9.14. The van der Waals surface area contributed by atoms with Crippen LogP contribution in [-0.4, -0.2) is 55.5 Å². The molecule has 1 atom stereocenters. The molecule has 6 aromatic rings. The molecule has 1 saturated carbocycles. The zero-order valence-corrected chi connectivity index (χ0v) is 33.4. The zero-order valence-electron chi connectivity index (χ0n) is 32.6. The van der Waals surface area contributed by atoms with Gasteiger partial charge in [0.25, 0.3) is 21.6 Å². The number of rotatable bonds is 13. The highest BCUT2D eigenvalue weighted by molar-refractivity contribution is 7.90. The SMILES string of the molecule is O=C(NS(=O)(=O)c1ccc(NCC2CCOCC2)c([N+](=O)[O-])c1)c1ccc(-c2ccc(N3CCCC3c3ccccc3C3CC3)cc2F)cc1Oc1cnc2[nH]ccc2c1. The molecule has 60 heavy (non-hydrogen) atoms. The number of carbonyl (C=O) groups excluding carboxylic acids is 1. The Kier molecular flexibility index (Phi) is 10.7. The van der Waals surface area contributed by atoms with Crippen molar-refractivity contribution < 1.29 is 32.0 Å². The van der Waals surface area contributed by atoms with E-state index < -0.39 is 37.3 Å². The maximum Gasteiger partial charge on any atom is 0.293 e. The fourth-order valence-electron chi connectivity index (χ4n) is 8.38. The number of amides is 1. The third-order valence-electron chi connectivity index (χ3n) is 11.7. The second-order valence-corrected chi connectivity index (χ2v) is 17.3.